The Labute approximate surface area is 129 Å². The van der Waals surface area contributed by atoms with Gasteiger partial charge >= 0.3 is 0 Å². The highest BCUT2D eigenvalue weighted by molar-refractivity contribution is 5.80. The van der Waals surface area contributed by atoms with Crippen molar-refractivity contribution in [1.29, 1.82) is 0 Å². The van der Waals surface area contributed by atoms with Gasteiger partial charge in [-0.15, -0.1) is 0 Å². The molecule has 5 nitrogen and oxygen atoms in total. The highest BCUT2D eigenvalue weighted by Gasteiger charge is 2.38. The van der Waals surface area contributed by atoms with Crippen LogP contribution in [0, 0.1) is 10.8 Å². The zero-order valence-electron chi connectivity index (χ0n) is 14.3. The van der Waals surface area contributed by atoms with Crippen LogP contribution in [0.15, 0.2) is 4.99 Å². The lowest BCUT2D eigenvalue weighted by molar-refractivity contribution is -0.130. The van der Waals surface area contributed by atoms with Gasteiger partial charge in [0.2, 0.25) is 0 Å². The number of hydrogen-bond donors (Lipinski definition) is 3. The van der Waals surface area contributed by atoms with Crippen LogP contribution in [0.2, 0.25) is 0 Å². The Hall–Kier alpha value is -0.810. The van der Waals surface area contributed by atoms with E-state index in [1.165, 1.54) is 6.42 Å². The average molecular weight is 299 g/mol. The maximum absolute atomic E-state index is 9.44. The number of nitrogens with zero attached hydrogens (tertiary/aromatic N) is 1. The molecule has 0 spiro atoms. The van der Waals surface area contributed by atoms with E-state index >= 15 is 0 Å². The van der Waals surface area contributed by atoms with Gasteiger partial charge in [-0.25, -0.2) is 0 Å². The minimum absolute atomic E-state index is 0.134. The first-order valence-electron chi connectivity index (χ1n) is 8.04. The van der Waals surface area contributed by atoms with Crippen LogP contribution in [0.5, 0.6) is 0 Å². The summed E-state index contributed by atoms with van der Waals surface area (Å²) in [5.74, 6) is 0.832. The van der Waals surface area contributed by atoms with Gasteiger partial charge in [0.1, 0.15) is 0 Å². The van der Waals surface area contributed by atoms with E-state index in [2.05, 4.69) is 50.2 Å². The van der Waals surface area contributed by atoms with Crippen molar-refractivity contribution in [3.8, 4) is 0 Å². The van der Waals surface area contributed by atoms with Crippen molar-refractivity contribution in [2.24, 2.45) is 15.8 Å². The Bertz CT molecular complexity index is 327. The summed E-state index contributed by atoms with van der Waals surface area (Å²) in [5.41, 5.74) is 0.187. The minimum atomic E-state index is -0.170. The number of rotatable bonds is 7. The van der Waals surface area contributed by atoms with Crippen molar-refractivity contribution in [2.75, 3.05) is 32.9 Å². The smallest absolute Gasteiger partial charge is 0.191 e. The third-order valence-electron chi connectivity index (χ3n) is 3.78. The highest BCUT2D eigenvalue weighted by atomic mass is 16.5. The summed E-state index contributed by atoms with van der Waals surface area (Å²) >= 11 is 0. The molecular weight excluding hydrogens is 266 g/mol. The van der Waals surface area contributed by atoms with Gasteiger partial charge in [-0.2, -0.15) is 0 Å². The maximum Gasteiger partial charge on any atom is 0.191 e. The highest BCUT2D eigenvalue weighted by Crippen LogP contribution is 2.27. The van der Waals surface area contributed by atoms with Gasteiger partial charge in [0, 0.05) is 12.6 Å². The molecule has 1 atom stereocenters. The molecule has 0 radical (unpaired) electrons. The lowest BCUT2D eigenvalue weighted by Crippen LogP contribution is -2.49. The Morgan fingerprint density at radius 2 is 2.05 bits per heavy atom. The standard InChI is InChI=1S/C16H33N3O2/c1-6-17-14(18-9-16(10-20)11-21-12-16)19-13(2)7-8-15(3,4)5/h13,20H,6-12H2,1-5H3,(H2,17,18,19). The molecule has 5 heteroatoms. The third-order valence-corrected chi connectivity index (χ3v) is 3.78. The number of guanidine groups is 1. The van der Waals surface area contributed by atoms with E-state index in [9.17, 15) is 5.11 Å². The summed E-state index contributed by atoms with van der Waals surface area (Å²) in [6.07, 6.45) is 2.29. The molecule has 1 unspecified atom stereocenters. The van der Waals surface area contributed by atoms with Crippen LogP contribution in [0.4, 0.5) is 0 Å². The summed E-state index contributed by atoms with van der Waals surface area (Å²) in [5, 5.41) is 16.2. The third kappa shape index (κ3) is 6.66. The molecule has 0 aromatic rings. The monoisotopic (exact) mass is 299 g/mol. The SMILES string of the molecule is CCNC(=NCC1(CO)COC1)NC(C)CCC(C)(C)C. The summed E-state index contributed by atoms with van der Waals surface area (Å²) in [4.78, 5) is 4.62. The molecule has 1 fully saturated rings. The van der Waals surface area contributed by atoms with Gasteiger partial charge in [0.05, 0.1) is 31.8 Å². The summed E-state index contributed by atoms with van der Waals surface area (Å²) in [7, 11) is 0. The van der Waals surface area contributed by atoms with Crippen molar-refractivity contribution >= 4 is 5.96 Å². The van der Waals surface area contributed by atoms with E-state index in [-0.39, 0.29) is 12.0 Å². The van der Waals surface area contributed by atoms with E-state index in [0.717, 1.165) is 18.9 Å². The van der Waals surface area contributed by atoms with E-state index < -0.39 is 0 Å². The van der Waals surface area contributed by atoms with Crippen LogP contribution in [0.3, 0.4) is 0 Å². The Morgan fingerprint density at radius 3 is 2.48 bits per heavy atom. The predicted molar refractivity (Wildman–Crippen MR) is 87.6 cm³/mol. The molecule has 0 bridgehead atoms. The molecule has 21 heavy (non-hydrogen) atoms. The normalized spacial score (nSPS) is 19.8. The molecule has 0 aliphatic carbocycles. The Kier molecular flexibility index (Phi) is 6.94. The van der Waals surface area contributed by atoms with Gasteiger partial charge in [-0.05, 0) is 32.1 Å². The van der Waals surface area contributed by atoms with Crippen LogP contribution < -0.4 is 10.6 Å². The van der Waals surface area contributed by atoms with Gasteiger partial charge in [-0.1, -0.05) is 20.8 Å². The van der Waals surface area contributed by atoms with Gasteiger partial charge in [0.25, 0.3) is 0 Å². The number of aliphatic hydroxyl groups excluding tert-OH is 1. The molecule has 0 saturated carbocycles. The fourth-order valence-corrected chi connectivity index (χ4v) is 2.15. The molecule has 124 valence electrons. The molecule has 0 aromatic carbocycles. The van der Waals surface area contributed by atoms with Crippen LogP contribution in [-0.4, -0.2) is 50.0 Å². The van der Waals surface area contributed by atoms with Crippen molar-refractivity contribution in [3.63, 3.8) is 0 Å². The number of nitrogens with one attached hydrogen (secondary N) is 2. The van der Waals surface area contributed by atoms with E-state index in [4.69, 9.17) is 4.74 Å². The summed E-state index contributed by atoms with van der Waals surface area (Å²) in [6.45, 7) is 13.8. The molecular formula is C16H33N3O2. The quantitative estimate of drug-likeness (QED) is 0.495. The fourth-order valence-electron chi connectivity index (χ4n) is 2.15. The largest absolute Gasteiger partial charge is 0.396 e. The molecule has 0 aromatic heterocycles. The molecule has 3 N–H and O–H groups in total. The number of hydrogen-bond acceptors (Lipinski definition) is 3. The molecule has 0 amide bonds. The van der Waals surface area contributed by atoms with Crippen LogP contribution in [-0.2, 0) is 4.74 Å². The second-order valence-corrected chi connectivity index (χ2v) is 7.49. The summed E-state index contributed by atoms with van der Waals surface area (Å²) in [6, 6.07) is 0.379. The van der Waals surface area contributed by atoms with Gasteiger partial charge in [-0.3, -0.25) is 4.99 Å². The van der Waals surface area contributed by atoms with Gasteiger partial charge < -0.3 is 20.5 Å². The Balaban J connectivity index is 2.48. The molecule has 1 saturated heterocycles. The van der Waals surface area contributed by atoms with Crippen LogP contribution in [0.1, 0.15) is 47.5 Å². The van der Waals surface area contributed by atoms with E-state index in [1.54, 1.807) is 0 Å². The van der Waals surface area contributed by atoms with Crippen molar-refractivity contribution in [1.82, 2.24) is 10.6 Å². The molecule has 1 aliphatic rings. The first-order chi connectivity index (χ1) is 9.80. The van der Waals surface area contributed by atoms with Crippen LogP contribution in [0.25, 0.3) is 0 Å². The minimum Gasteiger partial charge on any atom is -0.396 e. The zero-order valence-corrected chi connectivity index (χ0v) is 14.3. The second kappa shape index (κ2) is 7.99. The molecule has 1 heterocycles. The van der Waals surface area contributed by atoms with Crippen LogP contribution >= 0.6 is 0 Å². The molecule has 1 rings (SSSR count). The van der Waals surface area contributed by atoms with Crippen molar-refractivity contribution in [2.45, 2.75) is 53.5 Å². The topological polar surface area (TPSA) is 65.9 Å². The fraction of sp³-hybridized carbons (Fsp3) is 0.938. The second-order valence-electron chi connectivity index (χ2n) is 7.49. The van der Waals surface area contributed by atoms with Crippen molar-refractivity contribution in [3.05, 3.63) is 0 Å². The first-order valence-corrected chi connectivity index (χ1v) is 8.04. The average Bonchev–Trinajstić information content (AvgIpc) is 2.35. The number of ether oxygens (including phenoxy) is 1. The predicted octanol–water partition coefficient (Wildman–Crippen LogP) is 1.77. The first kappa shape index (κ1) is 18.2. The van der Waals surface area contributed by atoms with E-state index in [1.807, 2.05) is 0 Å². The Morgan fingerprint density at radius 1 is 1.38 bits per heavy atom. The maximum atomic E-state index is 9.44. The van der Waals surface area contributed by atoms with E-state index in [0.29, 0.717) is 31.2 Å². The van der Waals surface area contributed by atoms with Crippen molar-refractivity contribution < 1.29 is 9.84 Å². The molecule has 1 aliphatic heterocycles. The zero-order chi connectivity index (χ0) is 15.9. The van der Waals surface area contributed by atoms with Gasteiger partial charge in [0.15, 0.2) is 5.96 Å². The lowest BCUT2D eigenvalue weighted by atomic mass is 9.87. The lowest BCUT2D eigenvalue weighted by Gasteiger charge is -2.38. The number of aliphatic imine (C=N–C) groups is 1. The number of aliphatic hydroxyl groups is 1. The summed E-state index contributed by atoms with van der Waals surface area (Å²) < 4.78 is 5.21.